The van der Waals surface area contributed by atoms with Crippen molar-refractivity contribution in [3.05, 3.63) is 47.5 Å². The topological polar surface area (TPSA) is 76.9 Å². The van der Waals surface area contributed by atoms with Crippen molar-refractivity contribution in [3.8, 4) is 11.8 Å². The second-order valence-electron chi connectivity index (χ2n) is 5.05. The molecule has 0 aliphatic heterocycles. The van der Waals surface area contributed by atoms with Crippen molar-refractivity contribution >= 4 is 0 Å². The molecule has 5 nitrogen and oxygen atoms in total. The first-order valence-corrected chi connectivity index (χ1v) is 6.99. The molecule has 1 aromatic heterocycles. The van der Waals surface area contributed by atoms with Gasteiger partial charge in [0.2, 0.25) is 0 Å². The minimum atomic E-state index is 0.143. The molecule has 1 atom stereocenters. The normalized spacial score (nSPS) is 11.9. The fraction of sp³-hybridized carbons (Fsp3) is 0.375. The third kappa shape index (κ3) is 3.83. The molecule has 21 heavy (non-hydrogen) atoms. The number of nitriles is 1. The lowest BCUT2D eigenvalue weighted by Crippen LogP contribution is -2.21. The highest BCUT2D eigenvalue weighted by Gasteiger charge is 2.08. The number of imidazole rings is 1. The largest absolute Gasteiger partial charge is 0.496 e. The van der Waals surface area contributed by atoms with Crippen molar-refractivity contribution in [2.45, 2.75) is 32.4 Å². The highest BCUT2D eigenvalue weighted by atomic mass is 16.5. The number of hydrogen-bond donors (Lipinski definition) is 1. The fourth-order valence-corrected chi connectivity index (χ4v) is 2.18. The summed E-state index contributed by atoms with van der Waals surface area (Å²) in [7, 11) is 1.63. The Hall–Kier alpha value is -2.32. The van der Waals surface area contributed by atoms with Gasteiger partial charge in [0, 0.05) is 24.2 Å². The smallest absolute Gasteiger partial charge is 0.123 e. The van der Waals surface area contributed by atoms with E-state index >= 15 is 0 Å². The van der Waals surface area contributed by atoms with Gasteiger partial charge in [-0.05, 0) is 24.6 Å². The van der Waals surface area contributed by atoms with E-state index in [1.807, 2.05) is 22.9 Å². The van der Waals surface area contributed by atoms with E-state index in [4.69, 9.17) is 15.7 Å². The predicted octanol–water partition coefficient (Wildman–Crippen LogP) is 2.09. The van der Waals surface area contributed by atoms with E-state index in [9.17, 15) is 0 Å². The minimum Gasteiger partial charge on any atom is -0.496 e. The Balaban J connectivity index is 2.16. The molecule has 2 N–H and O–H groups in total. The Kier molecular flexibility index (Phi) is 4.96. The molecular formula is C16H20N4O. The van der Waals surface area contributed by atoms with Gasteiger partial charge in [-0.2, -0.15) is 5.26 Å². The number of nitrogens with zero attached hydrogens (tertiary/aromatic N) is 3. The SMILES string of the molecule is CCC(N)Cc1cn(Cc2cc(C#N)ccc2OC)cn1. The summed E-state index contributed by atoms with van der Waals surface area (Å²) >= 11 is 0. The van der Waals surface area contributed by atoms with Crippen LogP contribution in [0.25, 0.3) is 0 Å². The van der Waals surface area contributed by atoms with Crippen LogP contribution in [0.3, 0.4) is 0 Å². The number of benzene rings is 1. The average Bonchev–Trinajstić information content (AvgIpc) is 2.94. The number of rotatable bonds is 6. The van der Waals surface area contributed by atoms with Crippen LogP contribution in [-0.4, -0.2) is 22.7 Å². The van der Waals surface area contributed by atoms with E-state index in [2.05, 4.69) is 18.0 Å². The second-order valence-corrected chi connectivity index (χ2v) is 5.05. The molecule has 0 fully saturated rings. The van der Waals surface area contributed by atoms with Crippen LogP contribution in [0.1, 0.15) is 30.2 Å². The van der Waals surface area contributed by atoms with Gasteiger partial charge in [-0.1, -0.05) is 6.92 Å². The number of nitrogens with two attached hydrogens (primary N) is 1. The molecule has 1 aromatic carbocycles. The molecule has 0 aliphatic carbocycles. The summed E-state index contributed by atoms with van der Waals surface area (Å²) in [6.07, 6.45) is 5.49. The third-order valence-corrected chi connectivity index (χ3v) is 3.44. The lowest BCUT2D eigenvalue weighted by atomic mass is 10.1. The van der Waals surface area contributed by atoms with Crippen LogP contribution >= 0.6 is 0 Å². The highest BCUT2D eigenvalue weighted by molar-refractivity contribution is 5.42. The zero-order valence-corrected chi connectivity index (χ0v) is 12.4. The molecule has 1 heterocycles. The maximum atomic E-state index is 9.00. The van der Waals surface area contributed by atoms with E-state index in [1.54, 1.807) is 19.5 Å². The number of hydrogen-bond acceptors (Lipinski definition) is 4. The zero-order valence-electron chi connectivity index (χ0n) is 12.4. The Morgan fingerprint density at radius 1 is 1.48 bits per heavy atom. The van der Waals surface area contributed by atoms with Crippen LogP contribution in [0, 0.1) is 11.3 Å². The lowest BCUT2D eigenvalue weighted by molar-refractivity contribution is 0.408. The molecule has 0 saturated heterocycles. The highest BCUT2D eigenvalue weighted by Crippen LogP contribution is 2.21. The van der Waals surface area contributed by atoms with Crippen LogP contribution in [0.4, 0.5) is 0 Å². The van der Waals surface area contributed by atoms with E-state index in [0.29, 0.717) is 12.1 Å². The van der Waals surface area contributed by atoms with Gasteiger partial charge < -0.3 is 15.0 Å². The van der Waals surface area contributed by atoms with E-state index in [1.165, 1.54) is 0 Å². The van der Waals surface area contributed by atoms with E-state index < -0.39 is 0 Å². The number of aromatic nitrogens is 2. The third-order valence-electron chi connectivity index (χ3n) is 3.44. The van der Waals surface area contributed by atoms with Gasteiger partial charge in [-0.25, -0.2) is 4.98 Å². The van der Waals surface area contributed by atoms with Crippen LogP contribution in [-0.2, 0) is 13.0 Å². The zero-order chi connectivity index (χ0) is 15.2. The van der Waals surface area contributed by atoms with Gasteiger partial charge in [-0.3, -0.25) is 0 Å². The standard InChI is InChI=1S/C16H20N4O/c1-3-14(18)7-15-10-20(11-19-15)9-13-6-12(8-17)4-5-16(13)21-2/h4-6,10-11,14H,3,7,9,18H2,1-2H3. The maximum absolute atomic E-state index is 9.00. The van der Waals surface area contributed by atoms with Gasteiger partial charge in [0.05, 0.1) is 37.3 Å². The molecule has 0 spiro atoms. The van der Waals surface area contributed by atoms with Crippen molar-refractivity contribution in [1.82, 2.24) is 9.55 Å². The summed E-state index contributed by atoms with van der Waals surface area (Å²) in [6, 6.07) is 7.70. The second kappa shape index (κ2) is 6.91. The first-order chi connectivity index (χ1) is 10.2. The van der Waals surface area contributed by atoms with Gasteiger partial charge >= 0.3 is 0 Å². The van der Waals surface area contributed by atoms with Crippen molar-refractivity contribution < 1.29 is 4.74 Å². The Labute approximate surface area is 125 Å². The summed E-state index contributed by atoms with van der Waals surface area (Å²) in [5, 5.41) is 9.00. The molecule has 0 aliphatic rings. The molecule has 0 amide bonds. The van der Waals surface area contributed by atoms with Crippen LogP contribution in [0.2, 0.25) is 0 Å². The Morgan fingerprint density at radius 2 is 2.29 bits per heavy atom. The van der Waals surface area contributed by atoms with Gasteiger partial charge in [0.1, 0.15) is 5.75 Å². The molecule has 0 radical (unpaired) electrons. The van der Waals surface area contributed by atoms with E-state index in [0.717, 1.165) is 29.8 Å². The monoisotopic (exact) mass is 284 g/mol. The molecule has 2 aromatic rings. The maximum Gasteiger partial charge on any atom is 0.123 e. The van der Waals surface area contributed by atoms with Crippen LogP contribution in [0.15, 0.2) is 30.7 Å². The van der Waals surface area contributed by atoms with Crippen molar-refractivity contribution in [2.24, 2.45) is 5.73 Å². The molecular weight excluding hydrogens is 264 g/mol. The Bertz CT molecular complexity index is 642. The van der Waals surface area contributed by atoms with Crippen LogP contribution < -0.4 is 10.5 Å². The summed E-state index contributed by atoms with van der Waals surface area (Å²) < 4.78 is 7.33. The van der Waals surface area contributed by atoms with Crippen LogP contribution in [0.5, 0.6) is 5.75 Å². The van der Waals surface area contributed by atoms with Crippen molar-refractivity contribution in [1.29, 1.82) is 5.26 Å². The molecule has 5 heteroatoms. The van der Waals surface area contributed by atoms with Crippen molar-refractivity contribution in [2.75, 3.05) is 7.11 Å². The van der Waals surface area contributed by atoms with Gasteiger partial charge in [0.25, 0.3) is 0 Å². The molecule has 2 rings (SSSR count). The molecule has 0 bridgehead atoms. The summed E-state index contributed by atoms with van der Waals surface area (Å²) in [5.74, 6) is 0.773. The van der Waals surface area contributed by atoms with Gasteiger partial charge in [0.15, 0.2) is 0 Å². The fourth-order valence-electron chi connectivity index (χ4n) is 2.18. The Morgan fingerprint density at radius 3 is 2.95 bits per heavy atom. The molecule has 110 valence electrons. The summed E-state index contributed by atoms with van der Waals surface area (Å²) in [6.45, 7) is 2.69. The summed E-state index contributed by atoms with van der Waals surface area (Å²) in [5.41, 5.74) is 8.51. The first kappa shape index (κ1) is 15.1. The lowest BCUT2D eigenvalue weighted by Gasteiger charge is -2.09. The minimum absolute atomic E-state index is 0.143. The average molecular weight is 284 g/mol. The van der Waals surface area contributed by atoms with E-state index in [-0.39, 0.29) is 6.04 Å². The molecule has 0 saturated carbocycles. The van der Waals surface area contributed by atoms with Gasteiger partial charge in [-0.15, -0.1) is 0 Å². The van der Waals surface area contributed by atoms with Crippen molar-refractivity contribution in [3.63, 3.8) is 0 Å². The number of ether oxygens (including phenoxy) is 1. The molecule has 1 unspecified atom stereocenters. The first-order valence-electron chi connectivity index (χ1n) is 6.99. The number of methoxy groups -OCH3 is 1. The quantitative estimate of drug-likeness (QED) is 0.881. The summed E-state index contributed by atoms with van der Waals surface area (Å²) in [4.78, 5) is 4.38. The predicted molar refractivity (Wildman–Crippen MR) is 81.0 cm³/mol.